The first-order chi connectivity index (χ1) is 6.63. The van der Waals surface area contributed by atoms with Crippen molar-refractivity contribution < 1.29 is 9.53 Å². The molecule has 6 heteroatoms. The molecular weight excluding hydrogens is 202 g/mol. The van der Waals surface area contributed by atoms with Crippen LogP contribution in [-0.2, 0) is 4.74 Å². The van der Waals surface area contributed by atoms with E-state index in [1.807, 2.05) is 0 Å². The summed E-state index contributed by atoms with van der Waals surface area (Å²) in [5.41, 5.74) is 6.16. The number of nitrogens with two attached hydrogens (primary N) is 1. The monoisotopic (exact) mass is 211 g/mol. The Morgan fingerprint density at radius 2 is 2.36 bits per heavy atom. The summed E-state index contributed by atoms with van der Waals surface area (Å²) < 4.78 is 4.53. The maximum atomic E-state index is 11.1. The fourth-order valence-corrected chi connectivity index (χ4v) is 0.998. The zero-order chi connectivity index (χ0) is 10.6. The van der Waals surface area contributed by atoms with Crippen molar-refractivity contribution in [3.63, 3.8) is 0 Å². The molecule has 1 aromatic rings. The van der Waals surface area contributed by atoms with Gasteiger partial charge >= 0.3 is 5.97 Å². The first-order valence-corrected chi connectivity index (χ1v) is 4.14. The van der Waals surface area contributed by atoms with Crippen LogP contribution in [0.4, 0.5) is 5.69 Å². The van der Waals surface area contributed by atoms with E-state index in [9.17, 15) is 4.79 Å². The molecule has 0 bridgehead atoms. The molecule has 0 aliphatic rings. The quantitative estimate of drug-likeness (QED) is 0.548. The Balaban J connectivity index is 2.89. The lowest BCUT2D eigenvalue weighted by atomic mass is 10.2. The lowest BCUT2D eigenvalue weighted by Crippen LogP contribution is -2.19. The summed E-state index contributed by atoms with van der Waals surface area (Å²) in [5, 5.41) is 2.78. The average molecular weight is 211 g/mol. The Kier molecular flexibility index (Phi) is 3.35. The van der Waals surface area contributed by atoms with Gasteiger partial charge in [0.25, 0.3) is 0 Å². The van der Waals surface area contributed by atoms with Gasteiger partial charge < -0.3 is 15.8 Å². The molecule has 1 aromatic heterocycles. The fraction of sp³-hybridized carbons (Fsp3) is 0.125. The first-order valence-electron chi connectivity index (χ1n) is 3.73. The highest BCUT2D eigenvalue weighted by Crippen LogP contribution is 2.08. The summed E-state index contributed by atoms with van der Waals surface area (Å²) in [4.78, 5) is 14.9. The highest BCUT2D eigenvalue weighted by molar-refractivity contribution is 7.80. The number of rotatable bonds is 2. The summed E-state index contributed by atoms with van der Waals surface area (Å²) in [6.07, 6.45) is 2.90. The Morgan fingerprint density at radius 1 is 1.64 bits per heavy atom. The molecule has 0 unspecified atom stereocenters. The topological polar surface area (TPSA) is 77.2 Å². The number of nitrogens with zero attached hydrogens (tertiary/aromatic N) is 1. The van der Waals surface area contributed by atoms with Crippen LogP contribution in [0.25, 0.3) is 0 Å². The van der Waals surface area contributed by atoms with E-state index in [1.54, 1.807) is 6.07 Å². The largest absolute Gasteiger partial charge is 0.465 e. The highest BCUT2D eigenvalue weighted by Gasteiger charge is 2.06. The van der Waals surface area contributed by atoms with Gasteiger partial charge in [-0.1, -0.05) is 0 Å². The van der Waals surface area contributed by atoms with Gasteiger partial charge in [-0.15, -0.1) is 0 Å². The number of ether oxygens (including phenoxy) is 1. The third-order valence-corrected chi connectivity index (χ3v) is 1.53. The van der Waals surface area contributed by atoms with Gasteiger partial charge in [0.1, 0.15) is 0 Å². The predicted molar refractivity (Wildman–Crippen MR) is 56.0 cm³/mol. The fourth-order valence-electron chi connectivity index (χ4n) is 0.880. The molecule has 0 fully saturated rings. The highest BCUT2D eigenvalue weighted by atomic mass is 32.1. The van der Waals surface area contributed by atoms with E-state index in [2.05, 4.69) is 27.3 Å². The summed E-state index contributed by atoms with van der Waals surface area (Å²) in [6, 6.07) is 1.55. The molecule has 0 aliphatic carbocycles. The molecule has 0 spiro atoms. The SMILES string of the molecule is COC(=O)c1cncc(NC(N)=S)c1. The Hall–Kier alpha value is -1.69. The number of hydrogen-bond donors (Lipinski definition) is 2. The molecule has 0 aliphatic heterocycles. The van der Waals surface area contributed by atoms with Gasteiger partial charge in [-0.05, 0) is 18.3 Å². The molecule has 5 nitrogen and oxygen atoms in total. The normalized spacial score (nSPS) is 9.21. The maximum Gasteiger partial charge on any atom is 0.339 e. The van der Waals surface area contributed by atoms with Gasteiger partial charge in [-0.3, -0.25) is 4.98 Å². The Labute approximate surface area is 86.3 Å². The second-order valence-corrected chi connectivity index (χ2v) is 2.88. The third kappa shape index (κ3) is 2.67. The summed E-state index contributed by atoms with van der Waals surface area (Å²) >= 11 is 4.64. The number of esters is 1. The van der Waals surface area contributed by atoms with Crippen molar-refractivity contribution >= 4 is 29.0 Å². The van der Waals surface area contributed by atoms with Gasteiger partial charge in [0.05, 0.1) is 24.6 Å². The van der Waals surface area contributed by atoms with Gasteiger partial charge in [0.2, 0.25) is 0 Å². The average Bonchev–Trinajstić information content (AvgIpc) is 2.16. The number of carbonyl (C=O) groups excluding carboxylic acids is 1. The maximum absolute atomic E-state index is 11.1. The molecule has 1 heterocycles. The summed E-state index contributed by atoms with van der Waals surface area (Å²) in [6.45, 7) is 0. The lowest BCUT2D eigenvalue weighted by molar-refractivity contribution is 0.0600. The van der Waals surface area contributed by atoms with E-state index in [0.717, 1.165) is 0 Å². The van der Waals surface area contributed by atoms with E-state index in [0.29, 0.717) is 11.3 Å². The Morgan fingerprint density at radius 3 is 2.93 bits per heavy atom. The molecule has 3 N–H and O–H groups in total. The second-order valence-electron chi connectivity index (χ2n) is 2.44. The van der Waals surface area contributed by atoms with Crippen LogP contribution < -0.4 is 11.1 Å². The molecule has 0 saturated carbocycles. The minimum absolute atomic E-state index is 0.119. The van der Waals surface area contributed by atoms with Crippen LogP contribution in [0.2, 0.25) is 0 Å². The van der Waals surface area contributed by atoms with Crippen molar-refractivity contribution in [2.45, 2.75) is 0 Å². The molecular formula is C8H9N3O2S. The predicted octanol–water partition coefficient (Wildman–Crippen LogP) is 0.524. The number of thiocarbonyl (C=S) groups is 1. The molecule has 0 atom stereocenters. The summed E-state index contributed by atoms with van der Waals surface area (Å²) in [5.74, 6) is -0.455. The van der Waals surface area contributed by atoms with Crippen LogP contribution in [0.1, 0.15) is 10.4 Å². The van der Waals surface area contributed by atoms with E-state index >= 15 is 0 Å². The van der Waals surface area contributed by atoms with Crippen LogP contribution in [0.5, 0.6) is 0 Å². The molecule has 14 heavy (non-hydrogen) atoms. The minimum atomic E-state index is -0.455. The molecule has 74 valence electrons. The Bertz CT molecular complexity index is 367. The smallest absolute Gasteiger partial charge is 0.339 e. The van der Waals surface area contributed by atoms with E-state index in [-0.39, 0.29) is 5.11 Å². The molecule has 0 saturated heterocycles. The second kappa shape index (κ2) is 4.52. The number of anilines is 1. The van der Waals surface area contributed by atoms with Crippen LogP contribution in [-0.4, -0.2) is 23.2 Å². The first kappa shape index (κ1) is 10.4. The minimum Gasteiger partial charge on any atom is -0.465 e. The van der Waals surface area contributed by atoms with Crippen molar-refractivity contribution in [2.75, 3.05) is 12.4 Å². The zero-order valence-electron chi connectivity index (χ0n) is 7.48. The van der Waals surface area contributed by atoms with Crippen molar-refractivity contribution in [2.24, 2.45) is 5.73 Å². The standard InChI is InChI=1S/C8H9N3O2S/c1-13-7(12)5-2-6(4-10-3-5)11-8(9)14/h2-4H,1H3,(H3,9,11,14). The van der Waals surface area contributed by atoms with Gasteiger partial charge in [0, 0.05) is 6.20 Å². The number of nitrogens with one attached hydrogen (secondary N) is 1. The van der Waals surface area contributed by atoms with E-state index in [4.69, 9.17) is 5.73 Å². The van der Waals surface area contributed by atoms with Crippen molar-refractivity contribution in [3.8, 4) is 0 Å². The number of hydrogen-bond acceptors (Lipinski definition) is 4. The molecule has 1 rings (SSSR count). The molecule has 0 radical (unpaired) electrons. The molecule has 0 amide bonds. The van der Waals surface area contributed by atoms with Gasteiger partial charge in [0.15, 0.2) is 5.11 Å². The van der Waals surface area contributed by atoms with Gasteiger partial charge in [-0.25, -0.2) is 4.79 Å². The number of carbonyl (C=O) groups is 1. The van der Waals surface area contributed by atoms with E-state index in [1.165, 1.54) is 19.5 Å². The van der Waals surface area contributed by atoms with Crippen molar-refractivity contribution in [1.29, 1.82) is 0 Å². The van der Waals surface area contributed by atoms with E-state index < -0.39 is 5.97 Å². The number of aromatic nitrogens is 1. The third-order valence-electron chi connectivity index (χ3n) is 1.43. The van der Waals surface area contributed by atoms with Crippen molar-refractivity contribution in [1.82, 2.24) is 4.98 Å². The number of pyridine rings is 1. The van der Waals surface area contributed by atoms with Crippen molar-refractivity contribution in [3.05, 3.63) is 24.0 Å². The van der Waals surface area contributed by atoms with Crippen LogP contribution in [0, 0.1) is 0 Å². The lowest BCUT2D eigenvalue weighted by Gasteiger charge is -2.04. The van der Waals surface area contributed by atoms with Crippen LogP contribution in [0.3, 0.4) is 0 Å². The summed E-state index contributed by atoms with van der Waals surface area (Å²) in [7, 11) is 1.30. The zero-order valence-corrected chi connectivity index (χ0v) is 8.30. The number of methoxy groups -OCH3 is 1. The van der Waals surface area contributed by atoms with Gasteiger partial charge in [-0.2, -0.15) is 0 Å². The van der Waals surface area contributed by atoms with Crippen LogP contribution in [0.15, 0.2) is 18.5 Å². The van der Waals surface area contributed by atoms with Crippen LogP contribution >= 0.6 is 12.2 Å². The molecule has 0 aromatic carbocycles.